The maximum atomic E-state index is 12.6. The summed E-state index contributed by atoms with van der Waals surface area (Å²) in [7, 11) is 0. The van der Waals surface area contributed by atoms with E-state index in [-0.39, 0.29) is 5.91 Å². The third kappa shape index (κ3) is 3.32. The number of carbonyl (C=O) groups excluding carboxylic acids is 1. The molecule has 3 heterocycles. The second-order valence-corrected chi connectivity index (χ2v) is 7.09. The highest BCUT2D eigenvalue weighted by Gasteiger charge is 2.11. The van der Waals surface area contributed by atoms with Crippen LogP contribution >= 0.6 is 11.3 Å². The number of aryl methyl sites for hydroxylation is 1. The van der Waals surface area contributed by atoms with Gasteiger partial charge >= 0.3 is 0 Å². The molecule has 1 amide bonds. The Morgan fingerprint density at radius 1 is 1.15 bits per heavy atom. The van der Waals surface area contributed by atoms with Crippen LogP contribution in [0.15, 0.2) is 61.1 Å². The number of benzene rings is 1. The monoisotopic (exact) mass is 360 g/mol. The van der Waals surface area contributed by atoms with Crippen LogP contribution in [0.5, 0.6) is 0 Å². The molecule has 0 atom stereocenters. The summed E-state index contributed by atoms with van der Waals surface area (Å²) in [5, 5.41) is 3.98. The molecular weight excluding hydrogens is 344 g/mol. The van der Waals surface area contributed by atoms with Crippen molar-refractivity contribution in [2.75, 3.05) is 0 Å². The molecule has 0 unspecified atom stereocenters. The minimum absolute atomic E-state index is 0.112. The van der Waals surface area contributed by atoms with E-state index in [1.165, 1.54) is 0 Å². The molecule has 3 aromatic heterocycles. The van der Waals surface area contributed by atoms with Gasteiger partial charge in [-0.3, -0.25) is 14.8 Å². The van der Waals surface area contributed by atoms with Crippen molar-refractivity contribution in [3.63, 3.8) is 0 Å². The topological polar surface area (TPSA) is 67.8 Å². The molecule has 0 aliphatic heterocycles. The Hall–Kier alpha value is -3.12. The summed E-state index contributed by atoms with van der Waals surface area (Å²) < 4.78 is 1.02. The number of pyridine rings is 2. The average molecular weight is 360 g/mol. The van der Waals surface area contributed by atoms with E-state index in [0.717, 1.165) is 32.0 Å². The third-order valence-electron chi connectivity index (χ3n) is 4.02. The second-order valence-electron chi connectivity index (χ2n) is 5.85. The number of rotatable bonds is 4. The zero-order chi connectivity index (χ0) is 17.9. The lowest BCUT2D eigenvalue weighted by Crippen LogP contribution is -2.23. The summed E-state index contributed by atoms with van der Waals surface area (Å²) in [5.41, 5.74) is 4.26. The quantitative estimate of drug-likeness (QED) is 0.597. The largest absolute Gasteiger partial charge is 0.348 e. The highest BCUT2D eigenvalue weighted by molar-refractivity contribution is 7.18. The maximum Gasteiger partial charge on any atom is 0.251 e. The summed E-state index contributed by atoms with van der Waals surface area (Å²) in [6, 6.07) is 13.2. The van der Waals surface area contributed by atoms with Crippen molar-refractivity contribution in [1.82, 2.24) is 20.3 Å². The molecule has 128 valence electrons. The molecule has 0 bridgehead atoms. The molecule has 0 fully saturated rings. The number of thiazole rings is 1. The lowest BCUT2D eigenvalue weighted by atomic mass is 10.1. The van der Waals surface area contributed by atoms with Crippen LogP contribution < -0.4 is 5.32 Å². The lowest BCUT2D eigenvalue weighted by Gasteiger charge is -2.10. The molecule has 0 radical (unpaired) electrons. The number of amides is 1. The zero-order valence-electron chi connectivity index (χ0n) is 14.1. The first kappa shape index (κ1) is 16.4. The van der Waals surface area contributed by atoms with E-state index in [0.29, 0.717) is 12.1 Å². The van der Waals surface area contributed by atoms with Crippen LogP contribution in [0.1, 0.15) is 20.9 Å². The van der Waals surface area contributed by atoms with E-state index >= 15 is 0 Å². The fourth-order valence-corrected chi connectivity index (χ4v) is 3.67. The molecule has 0 saturated heterocycles. The van der Waals surface area contributed by atoms with E-state index in [1.54, 1.807) is 29.9 Å². The predicted molar refractivity (Wildman–Crippen MR) is 103 cm³/mol. The van der Waals surface area contributed by atoms with Gasteiger partial charge in [-0.2, -0.15) is 0 Å². The molecule has 1 aromatic carbocycles. The van der Waals surface area contributed by atoms with Crippen LogP contribution in [-0.2, 0) is 6.54 Å². The van der Waals surface area contributed by atoms with Crippen LogP contribution in [0.4, 0.5) is 0 Å². The molecule has 0 aliphatic rings. The normalized spacial score (nSPS) is 10.8. The average Bonchev–Trinajstić information content (AvgIpc) is 3.06. The van der Waals surface area contributed by atoms with E-state index in [2.05, 4.69) is 20.3 Å². The first-order chi connectivity index (χ1) is 12.7. The molecule has 4 aromatic rings. The van der Waals surface area contributed by atoms with Crippen LogP contribution in [0.3, 0.4) is 0 Å². The van der Waals surface area contributed by atoms with Gasteiger partial charge in [0.25, 0.3) is 5.91 Å². The number of carbonyl (C=O) groups is 1. The van der Waals surface area contributed by atoms with Gasteiger partial charge in [0, 0.05) is 36.3 Å². The van der Waals surface area contributed by atoms with E-state index in [9.17, 15) is 4.79 Å². The standard InChI is InChI=1S/C20H16N4OS/c1-13-24-17-7-6-14(10-18(17)26-13)20(25)23-12-16-5-3-9-22-19(16)15-4-2-8-21-11-15/h2-11H,12H2,1H3,(H,23,25). The van der Waals surface area contributed by atoms with Gasteiger partial charge in [0.2, 0.25) is 0 Å². The molecule has 0 spiro atoms. The number of hydrogen-bond donors (Lipinski definition) is 1. The molecule has 6 heteroatoms. The van der Waals surface area contributed by atoms with Crippen LogP contribution in [0.2, 0.25) is 0 Å². The van der Waals surface area contributed by atoms with Gasteiger partial charge in [-0.05, 0) is 48.9 Å². The van der Waals surface area contributed by atoms with Gasteiger partial charge in [-0.25, -0.2) is 4.98 Å². The Balaban J connectivity index is 1.54. The molecule has 1 N–H and O–H groups in total. The predicted octanol–water partition coefficient (Wildman–Crippen LogP) is 3.99. The number of hydrogen-bond acceptors (Lipinski definition) is 5. The van der Waals surface area contributed by atoms with E-state index in [1.807, 2.05) is 49.4 Å². The maximum absolute atomic E-state index is 12.6. The second kappa shape index (κ2) is 7.01. The van der Waals surface area contributed by atoms with Crippen LogP contribution in [0, 0.1) is 6.92 Å². The minimum atomic E-state index is -0.112. The van der Waals surface area contributed by atoms with Gasteiger partial charge in [0.1, 0.15) is 0 Å². The van der Waals surface area contributed by atoms with Gasteiger partial charge < -0.3 is 5.32 Å². The minimum Gasteiger partial charge on any atom is -0.348 e. The van der Waals surface area contributed by atoms with Crippen molar-refractivity contribution < 1.29 is 4.79 Å². The number of nitrogens with zero attached hydrogens (tertiary/aromatic N) is 3. The zero-order valence-corrected chi connectivity index (χ0v) is 15.0. The number of aromatic nitrogens is 3. The number of fused-ring (bicyclic) bond motifs is 1. The van der Waals surface area contributed by atoms with Gasteiger partial charge in [-0.1, -0.05) is 6.07 Å². The summed E-state index contributed by atoms with van der Waals surface area (Å²) in [6.07, 6.45) is 5.24. The Labute approximate surface area is 154 Å². The highest BCUT2D eigenvalue weighted by atomic mass is 32.1. The SMILES string of the molecule is Cc1nc2ccc(C(=O)NCc3cccnc3-c3cccnc3)cc2s1. The summed E-state index contributed by atoms with van der Waals surface area (Å²) in [4.78, 5) is 25.6. The smallest absolute Gasteiger partial charge is 0.251 e. The van der Waals surface area contributed by atoms with Crippen molar-refractivity contribution >= 4 is 27.5 Å². The highest BCUT2D eigenvalue weighted by Crippen LogP contribution is 2.23. The fraction of sp³-hybridized carbons (Fsp3) is 0.100. The summed E-state index contributed by atoms with van der Waals surface area (Å²) >= 11 is 1.59. The lowest BCUT2D eigenvalue weighted by molar-refractivity contribution is 0.0951. The molecule has 5 nitrogen and oxygen atoms in total. The van der Waals surface area contributed by atoms with Crippen molar-refractivity contribution in [3.8, 4) is 11.3 Å². The van der Waals surface area contributed by atoms with Crippen molar-refractivity contribution in [3.05, 3.63) is 77.2 Å². The van der Waals surface area contributed by atoms with E-state index in [4.69, 9.17) is 0 Å². The molecule has 0 aliphatic carbocycles. The van der Waals surface area contributed by atoms with Crippen molar-refractivity contribution in [2.45, 2.75) is 13.5 Å². The van der Waals surface area contributed by atoms with Crippen LogP contribution in [0.25, 0.3) is 21.5 Å². The molecule has 0 saturated carbocycles. The van der Waals surface area contributed by atoms with E-state index < -0.39 is 0 Å². The Morgan fingerprint density at radius 2 is 2.04 bits per heavy atom. The fourth-order valence-electron chi connectivity index (χ4n) is 2.80. The third-order valence-corrected chi connectivity index (χ3v) is 4.96. The van der Waals surface area contributed by atoms with Crippen molar-refractivity contribution in [2.24, 2.45) is 0 Å². The molecule has 26 heavy (non-hydrogen) atoms. The Morgan fingerprint density at radius 3 is 2.88 bits per heavy atom. The molecular formula is C20H16N4OS. The first-order valence-electron chi connectivity index (χ1n) is 8.20. The van der Waals surface area contributed by atoms with Crippen LogP contribution in [-0.4, -0.2) is 20.9 Å². The first-order valence-corrected chi connectivity index (χ1v) is 9.02. The van der Waals surface area contributed by atoms with Crippen molar-refractivity contribution in [1.29, 1.82) is 0 Å². The summed E-state index contributed by atoms with van der Waals surface area (Å²) in [6.45, 7) is 2.36. The Kier molecular flexibility index (Phi) is 4.41. The number of nitrogens with one attached hydrogen (secondary N) is 1. The van der Waals surface area contributed by atoms with Gasteiger partial charge in [0.05, 0.1) is 20.9 Å². The Bertz CT molecular complexity index is 1080. The van der Waals surface area contributed by atoms with Gasteiger partial charge in [0.15, 0.2) is 0 Å². The molecule has 4 rings (SSSR count). The summed E-state index contributed by atoms with van der Waals surface area (Å²) in [5.74, 6) is -0.112. The van der Waals surface area contributed by atoms with Gasteiger partial charge in [-0.15, -0.1) is 11.3 Å².